The van der Waals surface area contributed by atoms with E-state index in [0.29, 0.717) is 16.8 Å². The van der Waals surface area contributed by atoms with E-state index in [4.69, 9.17) is 11.6 Å². The molecule has 2 saturated carbocycles. The van der Waals surface area contributed by atoms with E-state index < -0.39 is 9.84 Å². The van der Waals surface area contributed by atoms with Crippen molar-refractivity contribution in [1.29, 1.82) is 0 Å². The number of fused-ring (bicyclic) bond motifs is 1. The lowest BCUT2D eigenvalue weighted by atomic mass is 9.63. The predicted molar refractivity (Wildman–Crippen MR) is 162 cm³/mol. The van der Waals surface area contributed by atoms with E-state index in [1.165, 1.54) is 0 Å². The second kappa shape index (κ2) is 10.4. The normalized spacial score (nSPS) is 20.4. The number of pyridine rings is 2. The summed E-state index contributed by atoms with van der Waals surface area (Å²) in [5.41, 5.74) is 2.48. The third kappa shape index (κ3) is 4.96. The average Bonchev–Trinajstić information content (AvgIpc) is 3.44. The molecule has 2 aromatic heterocycles. The number of hydrogen-bond donors (Lipinski definition) is 1. The van der Waals surface area contributed by atoms with Crippen molar-refractivity contribution in [1.82, 2.24) is 14.5 Å². The van der Waals surface area contributed by atoms with E-state index in [1.54, 1.807) is 24.4 Å². The number of hydrogen-bond acceptors (Lipinski definition) is 6. The Labute approximate surface area is 241 Å². The Kier molecular flexibility index (Phi) is 7.24. The number of anilines is 2. The molecule has 3 fully saturated rings. The molecule has 1 aromatic carbocycles. The van der Waals surface area contributed by atoms with Gasteiger partial charge in [0.25, 0.3) is 5.56 Å². The molecule has 1 N–H and O–H groups in total. The lowest BCUT2D eigenvalue weighted by Crippen LogP contribution is -2.52. The molecule has 0 radical (unpaired) electrons. The van der Waals surface area contributed by atoms with E-state index in [0.717, 1.165) is 86.6 Å². The van der Waals surface area contributed by atoms with Gasteiger partial charge in [-0.3, -0.25) is 4.79 Å². The Bertz CT molecular complexity index is 1590. The summed E-state index contributed by atoms with van der Waals surface area (Å²) in [5.74, 6) is 0.605. The van der Waals surface area contributed by atoms with Crippen molar-refractivity contribution >= 4 is 43.8 Å². The number of aryl methyl sites for hydroxylation is 1. The summed E-state index contributed by atoms with van der Waals surface area (Å²) < 4.78 is 28.9. The highest BCUT2D eigenvalue weighted by atomic mass is 35.5. The van der Waals surface area contributed by atoms with Gasteiger partial charge >= 0.3 is 0 Å². The number of likely N-dealkylation sites (tertiary alicyclic amines) is 1. The zero-order valence-electron chi connectivity index (χ0n) is 23.6. The fourth-order valence-electron chi connectivity index (χ4n) is 7.12. The molecule has 214 valence electrons. The van der Waals surface area contributed by atoms with Gasteiger partial charge in [-0.05, 0) is 108 Å². The molecule has 1 saturated heterocycles. The van der Waals surface area contributed by atoms with Gasteiger partial charge in [-0.15, -0.1) is 0 Å². The van der Waals surface area contributed by atoms with E-state index in [9.17, 15) is 13.2 Å². The Morgan fingerprint density at radius 1 is 1.07 bits per heavy atom. The van der Waals surface area contributed by atoms with Crippen molar-refractivity contribution in [3.05, 3.63) is 57.5 Å². The smallest absolute Gasteiger partial charge is 0.270 e. The fraction of sp³-hybridized carbons (Fsp3) is 0.548. The van der Waals surface area contributed by atoms with Gasteiger partial charge in [0.2, 0.25) is 0 Å². The highest BCUT2D eigenvalue weighted by molar-refractivity contribution is 7.92. The summed E-state index contributed by atoms with van der Waals surface area (Å²) in [4.78, 5) is 20.4. The largest absolute Gasteiger partial charge is 0.340 e. The Morgan fingerprint density at radius 3 is 2.42 bits per heavy atom. The van der Waals surface area contributed by atoms with Crippen molar-refractivity contribution in [2.24, 2.45) is 5.41 Å². The van der Waals surface area contributed by atoms with Crippen LogP contribution in [-0.2, 0) is 9.84 Å². The minimum atomic E-state index is -3.38. The molecule has 3 aromatic rings. The van der Waals surface area contributed by atoms with E-state index in [2.05, 4.69) is 29.0 Å². The number of rotatable bonds is 6. The Morgan fingerprint density at radius 2 is 1.77 bits per heavy atom. The summed E-state index contributed by atoms with van der Waals surface area (Å²) in [6.45, 7) is 8.51. The predicted octanol–water partition coefficient (Wildman–Crippen LogP) is 6.64. The molecule has 9 heteroatoms. The molecular weight excluding hydrogens is 544 g/mol. The standard InChI is InChI=1S/C31H39ClN4O3S/c1-20(2)35-12-10-31(11-13-35)17-25(18-31)40(38,39)24-8-9-27(21(3)14-24)34-29-16-28-22(19-33-29)15-26(32)30(37)36(28)23-6-4-5-7-23/h8-9,14-16,19-20,23,25H,4-7,10-13,17-18H2,1-3H3,(H,33,34). The molecule has 7 nitrogen and oxygen atoms in total. The van der Waals surface area contributed by atoms with Crippen molar-refractivity contribution in [2.75, 3.05) is 18.4 Å². The average molecular weight is 583 g/mol. The first kappa shape index (κ1) is 27.7. The molecule has 1 spiro atoms. The number of nitrogens with one attached hydrogen (secondary N) is 1. The minimum absolute atomic E-state index is 0.142. The van der Waals surface area contributed by atoms with Crippen LogP contribution in [0.3, 0.4) is 0 Å². The van der Waals surface area contributed by atoms with Crippen LogP contribution < -0.4 is 10.9 Å². The molecule has 0 unspecified atom stereocenters. The fourth-order valence-corrected chi connectivity index (χ4v) is 9.46. The van der Waals surface area contributed by atoms with E-state index in [-0.39, 0.29) is 27.3 Å². The minimum Gasteiger partial charge on any atom is -0.340 e. The highest BCUT2D eigenvalue weighted by Gasteiger charge is 2.51. The maximum Gasteiger partial charge on any atom is 0.270 e. The first-order valence-corrected chi connectivity index (χ1v) is 16.6. The van der Waals surface area contributed by atoms with Gasteiger partial charge in [0.15, 0.2) is 9.84 Å². The maximum absolute atomic E-state index is 13.5. The summed E-state index contributed by atoms with van der Waals surface area (Å²) in [6, 6.07) is 9.59. The van der Waals surface area contributed by atoms with Crippen LogP contribution in [0.5, 0.6) is 0 Å². The first-order chi connectivity index (χ1) is 19.1. The first-order valence-electron chi connectivity index (χ1n) is 14.6. The quantitative estimate of drug-likeness (QED) is 0.350. The van der Waals surface area contributed by atoms with Crippen LogP contribution in [0.2, 0.25) is 5.02 Å². The van der Waals surface area contributed by atoms with Gasteiger partial charge in [-0.2, -0.15) is 0 Å². The molecule has 3 aliphatic rings. The summed E-state index contributed by atoms with van der Waals surface area (Å²) in [5, 5.41) is 4.10. The lowest BCUT2D eigenvalue weighted by molar-refractivity contribution is 0.0246. The van der Waals surface area contributed by atoms with Crippen molar-refractivity contribution < 1.29 is 8.42 Å². The maximum atomic E-state index is 13.5. The van der Waals surface area contributed by atoms with Gasteiger partial charge < -0.3 is 14.8 Å². The van der Waals surface area contributed by atoms with Crippen LogP contribution in [0.15, 0.2) is 46.2 Å². The molecule has 0 bridgehead atoms. The van der Waals surface area contributed by atoms with Crippen LogP contribution in [0, 0.1) is 12.3 Å². The number of benzene rings is 1. The zero-order chi connectivity index (χ0) is 28.2. The number of aromatic nitrogens is 2. The van der Waals surface area contributed by atoms with Crippen LogP contribution in [0.25, 0.3) is 10.9 Å². The molecule has 0 amide bonds. The van der Waals surface area contributed by atoms with Crippen molar-refractivity contribution in [3.8, 4) is 0 Å². The van der Waals surface area contributed by atoms with Gasteiger partial charge in [0, 0.05) is 35.4 Å². The summed E-state index contributed by atoms with van der Waals surface area (Å²) >= 11 is 6.28. The molecule has 3 heterocycles. The van der Waals surface area contributed by atoms with E-state index in [1.807, 2.05) is 23.6 Å². The van der Waals surface area contributed by atoms with Crippen molar-refractivity contribution in [3.63, 3.8) is 0 Å². The summed E-state index contributed by atoms with van der Waals surface area (Å²) in [6.07, 6.45) is 9.62. The van der Waals surface area contributed by atoms with Gasteiger partial charge in [0.05, 0.1) is 15.7 Å². The number of piperidine rings is 1. The Balaban J connectivity index is 1.20. The highest BCUT2D eigenvalue weighted by Crippen LogP contribution is 2.53. The molecular formula is C31H39ClN4O3S. The second-order valence-corrected chi connectivity index (χ2v) is 15.2. The molecule has 0 atom stereocenters. The molecule has 2 aliphatic carbocycles. The van der Waals surface area contributed by atoms with Gasteiger partial charge in [0.1, 0.15) is 10.8 Å². The van der Waals surface area contributed by atoms with Crippen LogP contribution >= 0.6 is 11.6 Å². The second-order valence-electron chi connectivity index (χ2n) is 12.5. The molecule has 1 aliphatic heterocycles. The third-order valence-corrected chi connectivity index (χ3v) is 12.1. The third-order valence-electron chi connectivity index (χ3n) is 9.70. The van der Waals surface area contributed by atoms with Crippen LogP contribution in [-0.4, -0.2) is 47.3 Å². The molecule has 40 heavy (non-hydrogen) atoms. The SMILES string of the molecule is Cc1cc(S(=O)(=O)C2CC3(CCN(C(C)C)CC3)C2)ccc1Nc1cc2c(cn1)cc(Cl)c(=O)n2C1CCCC1. The topological polar surface area (TPSA) is 84.3 Å². The number of sulfone groups is 1. The molecule has 6 rings (SSSR count). The van der Waals surface area contributed by atoms with Gasteiger partial charge in [-0.1, -0.05) is 24.4 Å². The van der Waals surface area contributed by atoms with Crippen molar-refractivity contribution in [2.45, 2.75) is 94.4 Å². The zero-order valence-corrected chi connectivity index (χ0v) is 25.2. The lowest BCUT2D eigenvalue weighted by Gasteiger charge is -2.52. The van der Waals surface area contributed by atoms with Crippen LogP contribution in [0.4, 0.5) is 11.5 Å². The number of nitrogens with zero attached hydrogens (tertiary/aromatic N) is 3. The van der Waals surface area contributed by atoms with Gasteiger partial charge in [-0.25, -0.2) is 13.4 Å². The van der Waals surface area contributed by atoms with E-state index >= 15 is 0 Å². The number of halogens is 1. The summed E-state index contributed by atoms with van der Waals surface area (Å²) in [7, 11) is -3.38. The monoisotopic (exact) mass is 582 g/mol. The van der Waals surface area contributed by atoms with Crippen LogP contribution in [0.1, 0.15) is 76.8 Å². The Hall–Kier alpha value is -2.42.